The van der Waals surface area contributed by atoms with Gasteiger partial charge in [-0.25, -0.2) is 9.67 Å². The quantitative estimate of drug-likeness (QED) is 0.778. The zero-order chi connectivity index (χ0) is 17.6. The number of rotatable bonds is 5. The molecule has 6 heteroatoms. The van der Waals surface area contributed by atoms with E-state index in [1.165, 1.54) is 0 Å². The van der Waals surface area contributed by atoms with Crippen molar-refractivity contribution in [3.8, 4) is 18.2 Å². The summed E-state index contributed by atoms with van der Waals surface area (Å²) in [7, 11) is 0. The van der Waals surface area contributed by atoms with Gasteiger partial charge in [0.2, 0.25) is 0 Å². The SMILES string of the molecule is C#CCCN1CCN(C(=O)c2cnn(-c3ccccn3)c2CC)CC1. The van der Waals surface area contributed by atoms with Crippen LogP contribution in [0.15, 0.2) is 30.6 Å². The van der Waals surface area contributed by atoms with E-state index in [4.69, 9.17) is 6.42 Å². The van der Waals surface area contributed by atoms with Crippen LogP contribution in [0.25, 0.3) is 5.82 Å². The maximum absolute atomic E-state index is 12.9. The number of amides is 1. The van der Waals surface area contributed by atoms with Gasteiger partial charge in [-0.05, 0) is 18.6 Å². The Morgan fingerprint density at radius 3 is 2.72 bits per heavy atom. The molecule has 130 valence electrons. The second kappa shape index (κ2) is 7.95. The van der Waals surface area contributed by atoms with Gasteiger partial charge in [0.05, 0.1) is 17.5 Å². The van der Waals surface area contributed by atoms with Gasteiger partial charge in [-0.15, -0.1) is 12.3 Å². The van der Waals surface area contributed by atoms with Crippen molar-refractivity contribution >= 4 is 5.91 Å². The van der Waals surface area contributed by atoms with E-state index < -0.39 is 0 Å². The lowest BCUT2D eigenvalue weighted by Crippen LogP contribution is -2.48. The van der Waals surface area contributed by atoms with Crippen LogP contribution in [0.3, 0.4) is 0 Å². The highest BCUT2D eigenvalue weighted by Crippen LogP contribution is 2.17. The number of nitrogens with zero attached hydrogens (tertiary/aromatic N) is 5. The fourth-order valence-corrected chi connectivity index (χ4v) is 3.14. The summed E-state index contributed by atoms with van der Waals surface area (Å²) in [5.41, 5.74) is 1.57. The van der Waals surface area contributed by atoms with Gasteiger partial charge in [0, 0.05) is 45.3 Å². The molecule has 0 saturated carbocycles. The first-order chi connectivity index (χ1) is 12.2. The largest absolute Gasteiger partial charge is 0.336 e. The number of carbonyl (C=O) groups is 1. The highest BCUT2D eigenvalue weighted by atomic mass is 16.2. The summed E-state index contributed by atoms with van der Waals surface area (Å²) in [5.74, 6) is 3.45. The second-order valence-electron chi connectivity index (χ2n) is 6.05. The van der Waals surface area contributed by atoms with Crippen molar-refractivity contribution in [3.05, 3.63) is 41.9 Å². The van der Waals surface area contributed by atoms with Crippen LogP contribution in [-0.4, -0.2) is 63.2 Å². The summed E-state index contributed by atoms with van der Waals surface area (Å²) >= 11 is 0. The van der Waals surface area contributed by atoms with E-state index in [2.05, 4.69) is 20.9 Å². The number of hydrogen-bond acceptors (Lipinski definition) is 4. The maximum Gasteiger partial charge on any atom is 0.257 e. The molecule has 2 aromatic heterocycles. The Kier molecular flexibility index (Phi) is 5.46. The van der Waals surface area contributed by atoms with Gasteiger partial charge >= 0.3 is 0 Å². The molecule has 0 spiro atoms. The van der Waals surface area contributed by atoms with Crippen LogP contribution in [0.5, 0.6) is 0 Å². The van der Waals surface area contributed by atoms with Gasteiger partial charge in [0.25, 0.3) is 5.91 Å². The van der Waals surface area contributed by atoms with Gasteiger partial charge in [-0.3, -0.25) is 9.69 Å². The monoisotopic (exact) mass is 337 g/mol. The predicted molar refractivity (Wildman–Crippen MR) is 96.5 cm³/mol. The molecule has 1 aliphatic heterocycles. The number of carbonyl (C=O) groups excluding carboxylic acids is 1. The fraction of sp³-hybridized carbons (Fsp3) is 0.421. The van der Waals surface area contributed by atoms with Gasteiger partial charge in [-0.2, -0.15) is 5.10 Å². The van der Waals surface area contributed by atoms with E-state index in [9.17, 15) is 4.79 Å². The van der Waals surface area contributed by atoms with Gasteiger partial charge in [0.15, 0.2) is 5.82 Å². The number of piperazine rings is 1. The van der Waals surface area contributed by atoms with E-state index in [1.54, 1.807) is 17.1 Å². The molecule has 0 atom stereocenters. The van der Waals surface area contributed by atoms with Gasteiger partial charge in [-0.1, -0.05) is 13.0 Å². The lowest BCUT2D eigenvalue weighted by Gasteiger charge is -2.34. The molecule has 6 nitrogen and oxygen atoms in total. The van der Waals surface area contributed by atoms with Gasteiger partial charge in [0.1, 0.15) is 0 Å². The van der Waals surface area contributed by atoms with Crippen LogP contribution >= 0.6 is 0 Å². The average molecular weight is 337 g/mol. The van der Waals surface area contributed by atoms with Crippen molar-refractivity contribution in [2.75, 3.05) is 32.7 Å². The number of pyridine rings is 1. The number of terminal acetylenes is 1. The molecule has 25 heavy (non-hydrogen) atoms. The Morgan fingerprint density at radius 1 is 1.28 bits per heavy atom. The van der Waals surface area contributed by atoms with E-state index in [0.29, 0.717) is 5.56 Å². The fourth-order valence-electron chi connectivity index (χ4n) is 3.14. The molecule has 0 radical (unpaired) electrons. The molecule has 0 bridgehead atoms. The molecule has 1 saturated heterocycles. The molecular weight excluding hydrogens is 314 g/mol. The Balaban J connectivity index is 1.73. The summed E-state index contributed by atoms with van der Waals surface area (Å²) in [4.78, 5) is 21.5. The van der Waals surface area contributed by atoms with E-state index in [0.717, 1.165) is 57.1 Å². The Morgan fingerprint density at radius 2 is 2.08 bits per heavy atom. The highest BCUT2D eigenvalue weighted by molar-refractivity contribution is 5.95. The van der Waals surface area contributed by atoms with Crippen LogP contribution in [0.2, 0.25) is 0 Å². The number of aromatic nitrogens is 3. The van der Waals surface area contributed by atoms with Crippen molar-refractivity contribution < 1.29 is 4.79 Å². The Labute approximate surface area is 148 Å². The average Bonchev–Trinajstić information content (AvgIpc) is 3.11. The molecule has 1 amide bonds. The first-order valence-corrected chi connectivity index (χ1v) is 8.68. The Hall–Kier alpha value is -2.65. The zero-order valence-corrected chi connectivity index (χ0v) is 14.6. The smallest absolute Gasteiger partial charge is 0.257 e. The minimum Gasteiger partial charge on any atom is -0.336 e. The third-order valence-electron chi connectivity index (χ3n) is 4.53. The van der Waals surface area contributed by atoms with Crippen molar-refractivity contribution in [3.63, 3.8) is 0 Å². The predicted octanol–water partition coefficient (Wildman–Crippen LogP) is 1.61. The van der Waals surface area contributed by atoms with Crippen molar-refractivity contribution in [1.82, 2.24) is 24.6 Å². The summed E-state index contributed by atoms with van der Waals surface area (Å²) in [5, 5.41) is 4.40. The van der Waals surface area contributed by atoms with E-state index in [1.807, 2.05) is 30.0 Å². The lowest BCUT2D eigenvalue weighted by molar-refractivity contribution is 0.0639. The van der Waals surface area contributed by atoms with Crippen LogP contribution in [0.1, 0.15) is 29.4 Å². The standard InChI is InChI=1S/C19H23N5O/c1-3-5-10-22-11-13-23(14-12-22)19(25)16-15-21-24(17(16)4-2)18-8-6-7-9-20-18/h1,6-9,15H,4-5,10-14H2,2H3. The third-order valence-corrected chi connectivity index (χ3v) is 4.53. The first-order valence-electron chi connectivity index (χ1n) is 8.68. The van der Waals surface area contributed by atoms with Crippen molar-refractivity contribution in [1.29, 1.82) is 0 Å². The zero-order valence-electron chi connectivity index (χ0n) is 14.6. The molecule has 2 aromatic rings. The minimum atomic E-state index is 0.0515. The molecule has 3 heterocycles. The molecule has 0 unspecified atom stereocenters. The molecule has 1 fully saturated rings. The summed E-state index contributed by atoms with van der Waals surface area (Å²) in [6.07, 6.45) is 10.2. The molecular formula is C19H23N5O. The van der Waals surface area contributed by atoms with Crippen molar-refractivity contribution in [2.24, 2.45) is 0 Å². The van der Waals surface area contributed by atoms with Gasteiger partial charge < -0.3 is 4.90 Å². The van der Waals surface area contributed by atoms with Crippen LogP contribution in [-0.2, 0) is 6.42 Å². The normalized spacial score (nSPS) is 15.1. The van der Waals surface area contributed by atoms with E-state index >= 15 is 0 Å². The molecule has 3 rings (SSSR count). The van der Waals surface area contributed by atoms with Crippen molar-refractivity contribution in [2.45, 2.75) is 19.8 Å². The first kappa shape index (κ1) is 17.2. The molecule has 1 aliphatic rings. The van der Waals surface area contributed by atoms with E-state index in [-0.39, 0.29) is 5.91 Å². The third kappa shape index (κ3) is 3.72. The highest BCUT2D eigenvalue weighted by Gasteiger charge is 2.25. The summed E-state index contributed by atoms with van der Waals surface area (Å²) < 4.78 is 1.76. The molecule has 0 aromatic carbocycles. The summed E-state index contributed by atoms with van der Waals surface area (Å²) in [6.45, 7) is 6.11. The minimum absolute atomic E-state index is 0.0515. The van der Waals surface area contributed by atoms with Crippen LogP contribution in [0.4, 0.5) is 0 Å². The molecule has 0 N–H and O–H groups in total. The maximum atomic E-state index is 12.9. The van der Waals surface area contributed by atoms with Crippen LogP contribution < -0.4 is 0 Å². The second-order valence-corrected chi connectivity index (χ2v) is 6.05. The number of hydrogen-bond donors (Lipinski definition) is 0. The lowest BCUT2D eigenvalue weighted by atomic mass is 10.1. The summed E-state index contributed by atoms with van der Waals surface area (Å²) in [6, 6.07) is 5.68. The van der Waals surface area contributed by atoms with Crippen LogP contribution in [0, 0.1) is 12.3 Å². The molecule has 0 aliphatic carbocycles. The Bertz CT molecular complexity index is 754. The topological polar surface area (TPSA) is 54.3 Å².